The number of hydrogen-bond donors (Lipinski definition) is 3. The van der Waals surface area contributed by atoms with E-state index in [0.29, 0.717) is 55.7 Å². The number of esters is 1. The lowest BCUT2D eigenvalue weighted by Crippen LogP contribution is -2.56. The van der Waals surface area contributed by atoms with Crippen molar-refractivity contribution in [1.29, 1.82) is 0 Å². The number of urea groups is 1. The van der Waals surface area contributed by atoms with Gasteiger partial charge in [-0.3, -0.25) is 0 Å². The number of rotatable bonds is 9. The van der Waals surface area contributed by atoms with Gasteiger partial charge in [0.2, 0.25) is 5.85 Å². The van der Waals surface area contributed by atoms with Gasteiger partial charge in [0.25, 0.3) is 0 Å². The largest absolute Gasteiger partial charge is 0.461 e. The Morgan fingerprint density at radius 2 is 1.60 bits per heavy atom. The number of nitrogens with zero attached hydrogens (tertiary/aromatic N) is 2. The summed E-state index contributed by atoms with van der Waals surface area (Å²) in [6, 6.07) is 12.3. The van der Waals surface area contributed by atoms with Crippen molar-refractivity contribution < 1.29 is 32.2 Å². The number of anilines is 2. The molecule has 3 N–H and O–H groups in total. The molecule has 2 aliphatic rings. The highest BCUT2D eigenvalue weighted by Crippen LogP contribution is 2.28. The molecule has 0 radical (unpaired) electrons. The van der Waals surface area contributed by atoms with E-state index in [9.17, 15) is 18.0 Å². The Kier molecular flexibility index (Phi) is 9.20. The van der Waals surface area contributed by atoms with E-state index in [2.05, 4.69) is 16.0 Å². The fourth-order valence-electron chi connectivity index (χ4n) is 4.24. The smallest absolute Gasteiger partial charge is 0.354 e. The van der Waals surface area contributed by atoms with Crippen LogP contribution in [0.2, 0.25) is 0 Å². The average Bonchev–Trinajstić information content (AvgIpc) is 2.94. The number of sulfone groups is 1. The molecule has 12 nitrogen and oxygen atoms in total. The Labute approximate surface area is 233 Å². The van der Waals surface area contributed by atoms with E-state index in [-0.39, 0.29) is 17.2 Å². The lowest BCUT2D eigenvalue weighted by Gasteiger charge is -2.42. The van der Waals surface area contributed by atoms with Crippen LogP contribution < -0.4 is 16.0 Å². The molecule has 2 aromatic rings. The predicted octanol–water partition coefficient (Wildman–Crippen LogP) is 2.55. The van der Waals surface area contributed by atoms with E-state index in [4.69, 9.17) is 19.2 Å². The second-order valence-electron chi connectivity index (χ2n) is 9.01. The maximum absolute atomic E-state index is 12.8. The summed E-state index contributed by atoms with van der Waals surface area (Å²) < 4.78 is 40.1. The Morgan fingerprint density at radius 3 is 2.15 bits per heavy atom. The molecule has 0 saturated carbocycles. The van der Waals surface area contributed by atoms with Gasteiger partial charge >= 0.3 is 12.0 Å². The molecular formula is C27H33N5O7S. The van der Waals surface area contributed by atoms with E-state index in [1.54, 1.807) is 37.3 Å². The number of morpholine rings is 1. The van der Waals surface area contributed by atoms with Gasteiger partial charge in [0.1, 0.15) is 11.5 Å². The number of ether oxygens (including phenoxy) is 3. The number of carbonyl (C=O) groups excluding carboxylic acids is 2. The van der Waals surface area contributed by atoms with Crippen molar-refractivity contribution in [3.63, 3.8) is 0 Å². The van der Waals surface area contributed by atoms with E-state index in [1.807, 2.05) is 11.8 Å². The van der Waals surface area contributed by atoms with E-state index in [1.165, 1.54) is 24.3 Å². The highest BCUT2D eigenvalue weighted by atomic mass is 32.2. The van der Waals surface area contributed by atoms with Gasteiger partial charge in [0, 0.05) is 49.0 Å². The molecule has 0 aliphatic carbocycles. The first-order valence-corrected chi connectivity index (χ1v) is 14.7. The van der Waals surface area contributed by atoms with Crippen LogP contribution in [0.15, 0.2) is 70.2 Å². The van der Waals surface area contributed by atoms with Crippen molar-refractivity contribution in [2.75, 3.05) is 56.4 Å². The van der Waals surface area contributed by atoms with Gasteiger partial charge in [-0.2, -0.15) is 0 Å². The average molecular weight is 572 g/mol. The Hall–Kier alpha value is -3.78. The predicted molar refractivity (Wildman–Crippen MR) is 150 cm³/mol. The maximum Gasteiger partial charge on any atom is 0.354 e. The van der Waals surface area contributed by atoms with Gasteiger partial charge in [-0.05, 0) is 62.4 Å². The zero-order chi connectivity index (χ0) is 28.8. The Morgan fingerprint density at radius 1 is 1.00 bits per heavy atom. The third kappa shape index (κ3) is 7.04. The highest BCUT2D eigenvalue weighted by Gasteiger charge is 2.41. The summed E-state index contributed by atoms with van der Waals surface area (Å²) in [5, 5.41) is 8.47. The van der Waals surface area contributed by atoms with Gasteiger partial charge in [-0.15, -0.1) is 0 Å². The first kappa shape index (κ1) is 29.2. The summed E-state index contributed by atoms with van der Waals surface area (Å²) >= 11 is 0. The number of hydrogen-bond acceptors (Lipinski definition) is 10. The number of carbonyl (C=O) groups is 2. The van der Waals surface area contributed by atoms with Crippen molar-refractivity contribution in [3.05, 3.63) is 65.9 Å². The third-order valence-corrected chi connectivity index (χ3v) is 7.26. The summed E-state index contributed by atoms with van der Waals surface area (Å²) in [7, 11) is -3.33. The van der Waals surface area contributed by atoms with Gasteiger partial charge in [-0.1, -0.05) is 0 Å². The molecule has 1 atom stereocenters. The van der Waals surface area contributed by atoms with Crippen molar-refractivity contribution in [1.82, 2.24) is 10.2 Å². The second kappa shape index (κ2) is 12.6. The monoisotopic (exact) mass is 571 g/mol. The van der Waals surface area contributed by atoms with Crippen LogP contribution in [-0.2, 0) is 28.8 Å². The SMILES string of the molecule is CCOC(=O)C1=CC(OCC)(N2CCOCC2)N=C(c2ccc(NC(=O)Nc3ccc(S(C)(=O)=O)cc3)cc2)N1. The first-order chi connectivity index (χ1) is 19.1. The third-order valence-electron chi connectivity index (χ3n) is 6.13. The molecule has 2 heterocycles. The summed E-state index contributed by atoms with van der Waals surface area (Å²) in [6.45, 7) is 6.34. The quantitative estimate of drug-likeness (QED) is 0.386. The normalized spacial score (nSPS) is 19.6. The van der Waals surface area contributed by atoms with E-state index < -0.39 is 27.7 Å². The molecule has 2 aliphatic heterocycles. The number of benzene rings is 2. The van der Waals surface area contributed by atoms with Crippen LogP contribution in [0.1, 0.15) is 19.4 Å². The molecular weight excluding hydrogens is 538 g/mol. The summed E-state index contributed by atoms with van der Waals surface area (Å²) in [4.78, 5) is 32.3. The second-order valence-corrected chi connectivity index (χ2v) is 11.0. The maximum atomic E-state index is 12.8. The molecule has 214 valence electrons. The molecule has 0 spiro atoms. The Bertz CT molecular complexity index is 1390. The molecule has 13 heteroatoms. The topological polar surface area (TPSA) is 148 Å². The standard InChI is InChI=1S/C27H33N5O7S/c1-4-38-25(33)23-18-27(39-5-2,32-14-16-37-17-15-32)31-24(30-23)19-6-8-20(9-7-19)28-26(34)29-21-10-12-22(13-11-21)40(3,35)36/h6-13,18H,4-5,14-17H2,1-3H3,(H,30,31)(H2,28,29,34). The zero-order valence-electron chi connectivity index (χ0n) is 22.6. The van der Waals surface area contributed by atoms with Crippen LogP contribution in [0.3, 0.4) is 0 Å². The van der Waals surface area contributed by atoms with Crippen LogP contribution in [0.25, 0.3) is 0 Å². The van der Waals surface area contributed by atoms with Crippen molar-refractivity contribution in [2.45, 2.75) is 24.6 Å². The molecule has 1 fully saturated rings. The molecule has 0 bridgehead atoms. The van der Waals surface area contributed by atoms with E-state index >= 15 is 0 Å². The van der Waals surface area contributed by atoms with Crippen LogP contribution in [0, 0.1) is 0 Å². The Balaban J connectivity index is 1.52. The summed E-state index contributed by atoms with van der Waals surface area (Å²) in [6.07, 6.45) is 2.76. The van der Waals surface area contributed by atoms with Gasteiger partial charge in [0.15, 0.2) is 9.84 Å². The minimum Gasteiger partial charge on any atom is -0.461 e. The zero-order valence-corrected chi connectivity index (χ0v) is 23.4. The number of aliphatic imine (C=N–C) groups is 1. The minimum absolute atomic E-state index is 0.163. The van der Waals surface area contributed by atoms with Crippen molar-refractivity contribution in [3.8, 4) is 0 Å². The minimum atomic E-state index is -3.33. The van der Waals surface area contributed by atoms with Crippen LogP contribution in [0.4, 0.5) is 16.2 Å². The van der Waals surface area contributed by atoms with Gasteiger partial charge in [0.05, 0.1) is 24.7 Å². The van der Waals surface area contributed by atoms with Crippen LogP contribution in [-0.4, -0.2) is 82.8 Å². The molecule has 4 rings (SSSR count). The fraction of sp³-hybridized carbons (Fsp3) is 0.370. The number of nitrogens with one attached hydrogen (secondary N) is 3. The summed E-state index contributed by atoms with van der Waals surface area (Å²) in [5.41, 5.74) is 1.83. The number of amides is 2. The molecule has 2 aromatic carbocycles. The van der Waals surface area contributed by atoms with Gasteiger partial charge in [-0.25, -0.2) is 27.9 Å². The van der Waals surface area contributed by atoms with Crippen LogP contribution >= 0.6 is 0 Å². The molecule has 1 saturated heterocycles. The molecule has 2 amide bonds. The fourth-order valence-corrected chi connectivity index (χ4v) is 4.87. The van der Waals surface area contributed by atoms with Crippen molar-refractivity contribution in [2.24, 2.45) is 4.99 Å². The van der Waals surface area contributed by atoms with Crippen molar-refractivity contribution >= 4 is 39.0 Å². The summed E-state index contributed by atoms with van der Waals surface area (Å²) in [5.74, 6) is -1.33. The highest BCUT2D eigenvalue weighted by molar-refractivity contribution is 7.90. The molecule has 0 aromatic heterocycles. The van der Waals surface area contributed by atoms with Gasteiger partial charge < -0.3 is 30.2 Å². The first-order valence-electron chi connectivity index (χ1n) is 12.9. The number of amidine groups is 1. The molecule has 1 unspecified atom stereocenters. The van der Waals surface area contributed by atoms with Crippen LogP contribution in [0.5, 0.6) is 0 Å². The molecule has 40 heavy (non-hydrogen) atoms. The lowest BCUT2D eigenvalue weighted by molar-refractivity contribution is -0.146. The lowest BCUT2D eigenvalue weighted by atomic mass is 10.1. The van der Waals surface area contributed by atoms with E-state index in [0.717, 1.165) is 6.26 Å².